The molecule has 1 aromatic rings. The van der Waals surface area contributed by atoms with Crippen molar-refractivity contribution in [1.82, 2.24) is 0 Å². The minimum Gasteiger partial charge on any atom is -0.491 e. The van der Waals surface area contributed by atoms with Gasteiger partial charge < -0.3 is 14.8 Å². The highest BCUT2D eigenvalue weighted by Crippen LogP contribution is 2.17. The highest BCUT2D eigenvalue weighted by molar-refractivity contribution is 5.47. The number of nitrogens with one attached hydrogen (secondary N) is 1. The van der Waals surface area contributed by atoms with Crippen molar-refractivity contribution in [3.8, 4) is 5.75 Å². The molecule has 0 aromatic heterocycles. The van der Waals surface area contributed by atoms with Crippen LogP contribution in [0.4, 0.5) is 5.69 Å². The summed E-state index contributed by atoms with van der Waals surface area (Å²) in [5.41, 5.74) is 1.09. The van der Waals surface area contributed by atoms with Crippen molar-refractivity contribution in [2.24, 2.45) is 0 Å². The van der Waals surface area contributed by atoms with Crippen LogP contribution in [-0.2, 0) is 4.74 Å². The van der Waals surface area contributed by atoms with Gasteiger partial charge in [-0.05, 0) is 52.0 Å². The molecule has 17 heavy (non-hydrogen) atoms. The van der Waals surface area contributed by atoms with E-state index in [1.165, 1.54) is 0 Å². The molecule has 0 aliphatic heterocycles. The predicted molar refractivity (Wildman–Crippen MR) is 71.8 cm³/mol. The van der Waals surface area contributed by atoms with Gasteiger partial charge >= 0.3 is 0 Å². The maximum Gasteiger partial charge on any atom is 0.119 e. The molecule has 3 heteroatoms. The summed E-state index contributed by atoms with van der Waals surface area (Å²) in [6.07, 6.45) is 0.214. The van der Waals surface area contributed by atoms with Gasteiger partial charge in [0.05, 0.1) is 12.7 Å². The number of hydrogen-bond donors (Lipinski definition) is 1. The monoisotopic (exact) mass is 237 g/mol. The van der Waals surface area contributed by atoms with Gasteiger partial charge in [0.25, 0.3) is 0 Å². The van der Waals surface area contributed by atoms with Crippen LogP contribution in [0.2, 0.25) is 0 Å². The fraction of sp³-hybridized carbons (Fsp3) is 0.571. The van der Waals surface area contributed by atoms with Crippen LogP contribution in [0.3, 0.4) is 0 Å². The summed E-state index contributed by atoms with van der Waals surface area (Å²) in [4.78, 5) is 0. The zero-order valence-corrected chi connectivity index (χ0v) is 11.2. The first kappa shape index (κ1) is 13.8. The van der Waals surface area contributed by atoms with E-state index in [4.69, 9.17) is 9.47 Å². The van der Waals surface area contributed by atoms with Gasteiger partial charge in [-0.15, -0.1) is 0 Å². The van der Waals surface area contributed by atoms with Crippen LogP contribution in [0, 0.1) is 0 Å². The van der Waals surface area contributed by atoms with Gasteiger partial charge in [0.1, 0.15) is 5.75 Å². The molecular weight excluding hydrogens is 214 g/mol. The SMILES string of the molecule is CCOCC(C)Nc1ccc(OC(C)C)cc1. The Morgan fingerprint density at radius 3 is 2.29 bits per heavy atom. The minimum absolute atomic E-state index is 0.214. The van der Waals surface area contributed by atoms with Crippen molar-refractivity contribution >= 4 is 5.69 Å². The normalized spacial score (nSPS) is 12.5. The number of ether oxygens (including phenoxy) is 2. The number of hydrogen-bond acceptors (Lipinski definition) is 3. The Morgan fingerprint density at radius 2 is 1.76 bits per heavy atom. The van der Waals surface area contributed by atoms with Crippen LogP contribution in [0.5, 0.6) is 5.75 Å². The molecule has 1 unspecified atom stereocenters. The van der Waals surface area contributed by atoms with Crippen molar-refractivity contribution < 1.29 is 9.47 Å². The van der Waals surface area contributed by atoms with Crippen LogP contribution in [0.15, 0.2) is 24.3 Å². The summed E-state index contributed by atoms with van der Waals surface area (Å²) in [7, 11) is 0. The van der Waals surface area contributed by atoms with Gasteiger partial charge in [0, 0.05) is 18.3 Å². The first-order valence-electron chi connectivity index (χ1n) is 6.22. The molecule has 0 saturated carbocycles. The lowest BCUT2D eigenvalue weighted by atomic mass is 10.2. The van der Waals surface area contributed by atoms with E-state index < -0.39 is 0 Å². The highest BCUT2D eigenvalue weighted by Gasteiger charge is 2.02. The molecule has 0 radical (unpaired) electrons. The molecule has 0 spiro atoms. The molecule has 0 bridgehead atoms. The summed E-state index contributed by atoms with van der Waals surface area (Å²) in [6, 6.07) is 8.33. The van der Waals surface area contributed by atoms with E-state index in [1.54, 1.807) is 0 Å². The first-order valence-corrected chi connectivity index (χ1v) is 6.22. The van der Waals surface area contributed by atoms with Crippen LogP contribution in [-0.4, -0.2) is 25.4 Å². The van der Waals surface area contributed by atoms with Gasteiger partial charge in [-0.2, -0.15) is 0 Å². The van der Waals surface area contributed by atoms with E-state index in [0.29, 0.717) is 6.04 Å². The van der Waals surface area contributed by atoms with Crippen LogP contribution in [0.1, 0.15) is 27.7 Å². The Kier molecular flexibility index (Phi) is 5.84. The third-order valence-corrected chi connectivity index (χ3v) is 2.21. The number of anilines is 1. The fourth-order valence-electron chi connectivity index (χ4n) is 1.52. The third kappa shape index (κ3) is 5.59. The molecule has 0 heterocycles. The summed E-state index contributed by atoms with van der Waals surface area (Å²) < 4.78 is 10.9. The average molecular weight is 237 g/mol. The smallest absolute Gasteiger partial charge is 0.119 e. The van der Waals surface area contributed by atoms with E-state index in [1.807, 2.05) is 45.0 Å². The van der Waals surface area contributed by atoms with E-state index >= 15 is 0 Å². The number of benzene rings is 1. The molecule has 0 saturated heterocycles. The molecular formula is C14H23NO2. The second-order valence-corrected chi connectivity index (χ2v) is 4.40. The Balaban J connectivity index is 2.44. The van der Waals surface area contributed by atoms with Crippen molar-refractivity contribution in [3.05, 3.63) is 24.3 Å². The Bertz CT molecular complexity index is 309. The van der Waals surface area contributed by atoms with Crippen molar-refractivity contribution in [2.45, 2.75) is 39.8 Å². The highest BCUT2D eigenvalue weighted by atomic mass is 16.5. The average Bonchev–Trinajstić information content (AvgIpc) is 2.28. The molecule has 1 aromatic carbocycles. The second kappa shape index (κ2) is 7.17. The quantitative estimate of drug-likeness (QED) is 0.789. The molecule has 0 aliphatic rings. The number of rotatable bonds is 7. The van der Waals surface area contributed by atoms with Crippen molar-refractivity contribution in [3.63, 3.8) is 0 Å². The first-order chi connectivity index (χ1) is 8.11. The Labute approximate surface area is 104 Å². The largest absolute Gasteiger partial charge is 0.491 e. The Hall–Kier alpha value is -1.22. The van der Waals surface area contributed by atoms with E-state index in [2.05, 4.69) is 12.2 Å². The van der Waals surface area contributed by atoms with E-state index in [9.17, 15) is 0 Å². The van der Waals surface area contributed by atoms with Crippen LogP contribution < -0.4 is 10.1 Å². The molecule has 0 fully saturated rings. The standard InChI is InChI=1S/C14H23NO2/c1-5-16-10-12(4)15-13-6-8-14(9-7-13)17-11(2)3/h6-9,11-12,15H,5,10H2,1-4H3. The topological polar surface area (TPSA) is 30.5 Å². The van der Waals surface area contributed by atoms with Gasteiger partial charge in [-0.3, -0.25) is 0 Å². The zero-order chi connectivity index (χ0) is 12.7. The lowest BCUT2D eigenvalue weighted by molar-refractivity contribution is 0.141. The van der Waals surface area contributed by atoms with Gasteiger partial charge in [0.2, 0.25) is 0 Å². The van der Waals surface area contributed by atoms with Crippen molar-refractivity contribution in [1.29, 1.82) is 0 Å². The molecule has 0 aliphatic carbocycles. The molecule has 0 amide bonds. The summed E-state index contributed by atoms with van der Waals surface area (Å²) in [6.45, 7) is 9.64. The summed E-state index contributed by atoms with van der Waals surface area (Å²) in [5.74, 6) is 0.906. The van der Waals surface area contributed by atoms with Gasteiger partial charge in [-0.1, -0.05) is 0 Å². The maximum absolute atomic E-state index is 5.59. The molecule has 1 rings (SSSR count). The van der Waals surface area contributed by atoms with Gasteiger partial charge in [0.15, 0.2) is 0 Å². The van der Waals surface area contributed by atoms with Crippen molar-refractivity contribution in [2.75, 3.05) is 18.5 Å². The molecule has 3 nitrogen and oxygen atoms in total. The lowest BCUT2D eigenvalue weighted by Crippen LogP contribution is -2.21. The predicted octanol–water partition coefficient (Wildman–Crippen LogP) is 3.31. The summed E-state index contributed by atoms with van der Waals surface area (Å²) >= 11 is 0. The second-order valence-electron chi connectivity index (χ2n) is 4.40. The molecule has 1 atom stereocenters. The zero-order valence-electron chi connectivity index (χ0n) is 11.2. The van der Waals surface area contributed by atoms with Crippen LogP contribution >= 0.6 is 0 Å². The van der Waals surface area contributed by atoms with Gasteiger partial charge in [-0.25, -0.2) is 0 Å². The lowest BCUT2D eigenvalue weighted by Gasteiger charge is -2.16. The van der Waals surface area contributed by atoms with E-state index in [0.717, 1.165) is 24.7 Å². The maximum atomic E-state index is 5.59. The molecule has 96 valence electrons. The summed E-state index contributed by atoms with van der Waals surface area (Å²) in [5, 5.41) is 3.38. The molecule has 1 N–H and O–H groups in total. The van der Waals surface area contributed by atoms with E-state index in [-0.39, 0.29) is 6.10 Å². The third-order valence-electron chi connectivity index (χ3n) is 2.21. The Morgan fingerprint density at radius 1 is 1.12 bits per heavy atom. The fourth-order valence-corrected chi connectivity index (χ4v) is 1.52. The minimum atomic E-state index is 0.214. The van der Waals surface area contributed by atoms with Crippen LogP contribution in [0.25, 0.3) is 0 Å².